The zero-order valence-corrected chi connectivity index (χ0v) is 12.1. The van der Waals surface area contributed by atoms with E-state index in [0.717, 1.165) is 6.21 Å². The van der Waals surface area contributed by atoms with Crippen molar-refractivity contribution in [2.24, 2.45) is 5.10 Å². The molecule has 0 heterocycles. The lowest BCUT2D eigenvalue weighted by Crippen LogP contribution is -2.10. The minimum Gasteiger partial charge on any atom is -0.279 e. The summed E-state index contributed by atoms with van der Waals surface area (Å²) in [5.41, 5.74) is 3.46. The first-order valence-electron chi connectivity index (χ1n) is 6.35. The fourth-order valence-corrected chi connectivity index (χ4v) is 1.87. The van der Waals surface area contributed by atoms with Crippen molar-refractivity contribution in [1.29, 1.82) is 0 Å². The van der Waals surface area contributed by atoms with Crippen molar-refractivity contribution in [3.05, 3.63) is 71.3 Å². The molecular formula is C16H12ClF3N2. The topological polar surface area (TPSA) is 24.4 Å². The predicted octanol–water partition coefficient (Wildman–Crippen LogP) is 5.30. The Labute approximate surface area is 130 Å². The van der Waals surface area contributed by atoms with Crippen molar-refractivity contribution in [2.75, 3.05) is 5.43 Å². The maximum absolute atomic E-state index is 12.9. The minimum absolute atomic E-state index is 0.196. The molecule has 0 aromatic heterocycles. The minimum atomic E-state index is -4.63. The molecule has 0 saturated heterocycles. The lowest BCUT2D eigenvalue weighted by molar-refractivity contribution is -0.0838. The zero-order valence-electron chi connectivity index (χ0n) is 11.3. The second-order valence-electron chi connectivity index (χ2n) is 4.33. The van der Waals surface area contributed by atoms with Gasteiger partial charge < -0.3 is 0 Å². The number of nitrogens with zero attached hydrogens (tertiary/aromatic N) is 1. The number of rotatable bonds is 4. The molecule has 0 amide bonds. The van der Waals surface area contributed by atoms with Crippen molar-refractivity contribution in [1.82, 2.24) is 0 Å². The monoisotopic (exact) mass is 324 g/mol. The van der Waals surface area contributed by atoms with Gasteiger partial charge >= 0.3 is 6.18 Å². The van der Waals surface area contributed by atoms with Gasteiger partial charge in [-0.15, -0.1) is 0 Å². The van der Waals surface area contributed by atoms with Crippen LogP contribution in [0.1, 0.15) is 5.56 Å². The number of allylic oxidation sites excluding steroid dienone is 2. The molecule has 0 radical (unpaired) electrons. The van der Waals surface area contributed by atoms with Crippen LogP contribution in [0.15, 0.2) is 70.8 Å². The number of anilines is 1. The van der Waals surface area contributed by atoms with Gasteiger partial charge in [-0.05, 0) is 17.7 Å². The van der Waals surface area contributed by atoms with Crippen LogP contribution < -0.4 is 5.43 Å². The molecule has 0 spiro atoms. The van der Waals surface area contributed by atoms with E-state index in [1.54, 1.807) is 42.5 Å². The molecule has 2 rings (SSSR count). The van der Waals surface area contributed by atoms with Gasteiger partial charge in [-0.2, -0.15) is 18.3 Å². The van der Waals surface area contributed by atoms with Crippen LogP contribution in [0.5, 0.6) is 0 Å². The summed E-state index contributed by atoms with van der Waals surface area (Å²) in [6.07, 6.45) is -3.57. The largest absolute Gasteiger partial charge is 0.427 e. The Morgan fingerprint density at radius 1 is 0.955 bits per heavy atom. The molecule has 2 aromatic carbocycles. The molecule has 22 heavy (non-hydrogen) atoms. The van der Waals surface area contributed by atoms with Crippen molar-refractivity contribution in [3.63, 3.8) is 0 Å². The number of hydrazone groups is 1. The van der Waals surface area contributed by atoms with Crippen LogP contribution in [0, 0.1) is 0 Å². The van der Waals surface area contributed by atoms with E-state index in [1.165, 1.54) is 12.1 Å². The quantitative estimate of drug-likeness (QED) is 0.599. The van der Waals surface area contributed by atoms with Crippen LogP contribution in [0.4, 0.5) is 18.9 Å². The van der Waals surface area contributed by atoms with E-state index in [0.29, 0.717) is 11.3 Å². The summed E-state index contributed by atoms with van der Waals surface area (Å²) in [7, 11) is 0. The molecule has 0 bridgehead atoms. The van der Waals surface area contributed by atoms with Gasteiger partial charge in [0.1, 0.15) is 5.03 Å². The molecule has 0 fully saturated rings. The maximum atomic E-state index is 12.9. The van der Waals surface area contributed by atoms with Crippen LogP contribution in [0.3, 0.4) is 0 Å². The molecule has 0 saturated carbocycles. The van der Waals surface area contributed by atoms with Gasteiger partial charge in [-0.3, -0.25) is 5.43 Å². The smallest absolute Gasteiger partial charge is 0.279 e. The first kappa shape index (κ1) is 16.1. The van der Waals surface area contributed by atoms with Crippen molar-refractivity contribution >= 4 is 29.1 Å². The average Bonchev–Trinajstić information content (AvgIpc) is 2.52. The highest BCUT2D eigenvalue weighted by molar-refractivity contribution is 6.37. The zero-order chi connectivity index (χ0) is 16.0. The van der Waals surface area contributed by atoms with E-state index in [1.807, 2.05) is 6.07 Å². The maximum Gasteiger partial charge on any atom is 0.427 e. The Morgan fingerprint density at radius 3 is 2.05 bits per heavy atom. The standard InChI is InChI=1S/C16H12ClF3N2/c17-15(16(18,19)20)14(12-7-3-1-4-8-12)11-21-22-13-9-5-2-6-10-13/h1-11,22H/b15-14+,21-11+. The van der Waals surface area contributed by atoms with Gasteiger partial charge in [0.15, 0.2) is 0 Å². The number of benzene rings is 2. The highest BCUT2D eigenvalue weighted by Gasteiger charge is 2.35. The molecule has 0 aliphatic carbocycles. The molecule has 0 aliphatic rings. The van der Waals surface area contributed by atoms with E-state index in [9.17, 15) is 13.2 Å². The van der Waals surface area contributed by atoms with Crippen LogP contribution >= 0.6 is 11.6 Å². The first-order valence-corrected chi connectivity index (χ1v) is 6.73. The van der Waals surface area contributed by atoms with Crippen LogP contribution in [-0.2, 0) is 0 Å². The molecule has 0 atom stereocenters. The highest BCUT2D eigenvalue weighted by atomic mass is 35.5. The molecule has 114 valence electrons. The molecule has 1 N–H and O–H groups in total. The number of nitrogens with one attached hydrogen (secondary N) is 1. The Kier molecular flexibility index (Phi) is 5.22. The van der Waals surface area contributed by atoms with Gasteiger partial charge in [0.05, 0.1) is 11.9 Å². The van der Waals surface area contributed by atoms with Crippen molar-refractivity contribution < 1.29 is 13.2 Å². The summed E-state index contributed by atoms with van der Waals surface area (Å²) in [5, 5.41) is 2.62. The van der Waals surface area contributed by atoms with Crippen LogP contribution in [0.2, 0.25) is 0 Å². The van der Waals surface area contributed by atoms with Gasteiger partial charge in [-0.1, -0.05) is 60.1 Å². The second kappa shape index (κ2) is 7.13. The van der Waals surface area contributed by atoms with E-state index in [2.05, 4.69) is 10.5 Å². The molecule has 0 aliphatic heterocycles. The van der Waals surface area contributed by atoms with E-state index in [-0.39, 0.29) is 5.57 Å². The van der Waals surface area contributed by atoms with Gasteiger partial charge in [0.2, 0.25) is 0 Å². The molecule has 0 unspecified atom stereocenters. The van der Waals surface area contributed by atoms with Crippen LogP contribution in [-0.4, -0.2) is 12.4 Å². The number of alkyl halides is 3. The average molecular weight is 325 g/mol. The summed E-state index contributed by atoms with van der Waals surface area (Å²) >= 11 is 5.47. The number of hydrogen-bond acceptors (Lipinski definition) is 2. The van der Waals surface area contributed by atoms with Crippen molar-refractivity contribution in [2.45, 2.75) is 6.18 Å². The lowest BCUT2D eigenvalue weighted by Gasteiger charge is -2.10. The summed E-state index contributed by atoms with van der Waals surface area (Å²) in [5.74, 6) is 0. The Bertz CT molecular complexity index is 665. The normalized spacial score (nSPS) is 13.1. The molecule has 2 nitrogen and oxygen atoms in total. The van der Waals surface area contributed by atoms with Gasteiger partial charge in [-0.25, -0.2) is 0 Å². The summed E-state index contributed by atoms with van der Waals surface area (Å²) in [6.45, 7) is 0. The summed E-state index contributed by atoms with van der Waals surface area (Å²) in [6, 6.07) is 16.9. The lowest BCUT2D eigenvalue weighted by atomic mass is 10.1. The number of para-hydroxylation sites is 1. The van der Waals surface area contributed by atoms with Crippen LogP contribution in [0.25, 0.3) is 5.57 Å². The Balaban J connectivity index is 2.30. The Hall–Kier alpha value is -2.27. The number of halogens is 4. The third-order valence-corrected chi connectivity index (χ3v) is 3.15. The molecule has 2 aromatic rings. The molecule has 6 heteroatoms. The third-order valence-electron chi connectivity index (χ3n) is 2.73. The SMILES string of the molecule is FC(F)(F)/C(Cl)=C(/C=N/Nc1ccccc1)c1ccccc1. The fourth-order valence-electron chi connectivity index (χ4n) is 1.71. The van der Waals surface area contributed by atoms with E-state index >= 15 is 0 Å². The van der Waals surface area contributed by atoms with E-state index < -0.39 is 11.2 Å². The van der Waals surface area contributed by atoms with Gasteiger partial charge in [0.25, 0.3) is 0 Å². The second-order valence-corrected chi connectivity index (χ2v) is 4.71. The molecular weight excluding hydrogens is 313 g/mol. The Morgan fingerprint density at radius 2 is 1.50 bits per heavy atom. The highest BCUT2D eigenvalue weighted by Crippen LogP contribution is 2.34. The van der Waals surface area contributed by atoms with Gasteiger partial charge in [0, 0.05) is 5.57 Å². The summed E-state index contributed by atoms with van der Waals surface area (Å²) in [4.78, 5) is 0. The summed E-state index contributed by atoms with van der Waals surface area (Å²) < 4.78 is 38.6. The van der Waals surface area contributed by atoms with Crippen molar-refractivity contribution in [3.8, 4) is 0 Å². The number of hydrogen-bond donors (Lipinski definition) is 1. The third kappa shape index (κ3) is 4.36. The predicted molar refractivity (Wildman–Crippen MR) is 83.8 cm³/mol. The van der Waals surface area contributed by atoms with E-state index in [4.69, 9.17) is 11.6 Å². The fraction of sp³-hybridized carbons (Fsp3) is 0.0625. The first-order chi connectivity index (χ1) is 10.5.